The van der Waals surface area contributed by atoms with E-state index < -0.39 is 0 Å². The lowest BCUT2D eigenvalue weighted by atomic mass is 9.63. The minimum Gasteiger partial charge on any atom is -0.381 e. The molecular weight excluding hydrogens is 246 g/mol. The van der Waals surface area contributed by atoms with Crippen molar-refractivity contribution in [2.45, 2.75) is 73.1 Å². The molecule has 0 atom stereocenters. The monoisotopic (exact) mass is 283 g/mol. The SMILES string of the molecule is CCCOCCC1(CNCC)CCC(C(C)(C)C)CC1. The van der Waals surface area contributed by atoms with Crippen LogP contribution in [0.1, 0.15) is 73.1 Å². The Morgan fingerprint density at radius 3 is 2.25 bits per heavy atom. The van der Waals surface area contributed by atoms with Crippen LogP contribution in [-0.4, -0.2) is 26.3 Å². The highest BCUT2D eigenvalue weighted by Crippen LogP contribution is 2.46. The zero-order valence-electron chi connectivity index (χ0n) is 14.6. The predicted octanol–water partition coefficient (Wildman–Crippen LogP) is 4.64. The van der Waals surface area contributed by atoms with Crippen LogP contribution in [0.15, 0.2) is 0 Å². The van der Waals surface area contributed by atoms with Gasteiger partial charge in [-0.1, -0.05) is 34.6 Å². The van der Waals surface area contributed by atoms with E-state index in [2.05, 4.69) is 39.9 Å². The first-order valence-electron chi connectivity index (χ1n) is 8.72. The lowest BCUT2D eigenvalue weighted by Crippen LogP contribution is -2.40. The van der Waals surface area contributed by atoms with Gasteiger partial charge in [0, 0.05) is 19.8 Å². The van der Waals surface area contributed by atoms with Gasteiger partial charge in [0.15, 0.2) is 0 Å². The summed E-state index contributed by atoms with van der Waals surface area (Å²) >= 11 is 0. The number of hydrogen-bond donors (Lipinski definition) is 1. The van der Waals surface area contributed by atoms with Crippen molar-refractivity contribution in [3.05, 3.63) is 0 Å². The van der Waals surface area contributed by atoms with Crippen LogP contribution in [0.5, 0.6) is 0 Å². The van der Waals surface area contributed by atoms with Crippen LogP contribution in [0.4, 0.5) is 0 Å². The zero-order valence-corrected chi connectivity index (χ0v) is 14.6. The van der Waals surface area contributed by atoms with E-state index in [1.807, 2.05) is 0 Å². The molecule has 0 aromatic heterocycles. The van der Waals surface area contributed by atoms with E-state index in [9.17, 15) is 0 Å². The third-order valence-electron chi connectivity index (χ3n) is 5.15. The Morgan fingerprint density at radius 2 is 1.75 bits per heavy atom. The maximum Gasteiger partial charge on any atom is 0.0471 e. The van der Waals surface area contributed by atoms with Gasteiger partial charge < -0.3 is 10.1 Å². The first-order valence-corrected chi connectivity index (χ1v) is 8.72. The van der Waals surface area contributed by atoms with Crippen LogP contribution in [0.2, 0.25) is 0 Å². The summed E-state index contributed by atoms with van der Waals surface area (Å²) in [4.78, 5) is 0. The molecule has 2 heteroatoms. The molecule has 120 valence electrons. The standard InChI is InChI=1S/C18H37NO/c1-6-13-20-14-12-18(15-19-7-2)10-8-16(9-11-18)17(3,4)5/h16,19H,6-15H2,1-5H3. The highest BCUT2D eigenvalue weighted by atomic mass is 16.5. The molecule has 1 N–H and O–H groups in total. The fraction of sp³-hybridized carbons (Fsp3) is 1.00. The Hall–Kier alpha value is -0.0800. The third-order valence-corrected chi connectivity index (χ3v) is 5.15. The Kier molecular flexibility index (Phi) is 7.53. The van der Waals surface area contributed by atoms with Crippen LogP contribution in [0.25, 0.3) is 0 Å². The summed E-state index contributed by atoms with van der Waals surface area (Å²) in [5.41, 5.74) is 0.967. The largest absolute Gasteiger partial charge is 0.381 e. The van der Waals surface area contributed by atoms with Gasteiger partial charge >= 0.3 is 0 Å². The van der Waals surface area contributed by atoms with E-state index in [0.717, 1.165) is 32.1 Å². The van der Waals surface area contributed by atoms with Crippen LogP contribution >= 0.6 is 0 Å². The fourth-order valence-electron chi connectivity index (χ4n) is 3.54. The quantitative estimate of drug-likeness (QED) is 0.655. The Bertz CT molecular complexity index is 249. The molecular formula is C18H37NO. The highest BCUT2D eigenvalue weighted by molar-refractivity contribution is 4.90. The summed E-state index contributed by atoms with van der Waals surface area (Å²) in [7, 11) is 0. The minimum absolute atomic E-state index is 0.475. The van der Waals surface area contributed by atoms with Gasteiger partial charge in [0.25, 0.3) is 0 Å². The van der Waals surface area contributed by atoms with Crippen molar-refractivity contribution in [3.8, 4) is 0 Å². The van der Waals surface area contributed by atoms with Crippen molar-refractivity contribution < 1.29 is 4.74 Å². The van der Waals surface area contributed by atoms with E-state index in [0.29, 0.717) is 10.8 Å². The van der Waals surface area contributed by atoms with Crippen LogP contribution < -0.4 is 5.32 Å². The lowest BCUT2D eigenvalue weighted by Gasteiger charge is -2.44. The summed E-state index contributed by atoms with van der Waals surface area (Å²) in [5.74, 6) is 0.897. The van der Waals surface area contributed by atoms with Crippen molar-refractivity contribution >= 4 is 0 Å². The van der Waals surface area contributed by atoms with E-state index >= 15 is 0 Å². The molecule has 1 aliphatic rings. The molecule has 0 saturated heterocycles. The fourth-order valence-corrected chi connectivity index (χ4v) is 3.54. The predicted molar refractivity (Wildman–Crippen MR) is 88.1 cm³/mol. The second-order valence-corrected chi connectivity index (χ2v) is 7.78. The van der Waals surface area contributed by atoms with Crippen molar-refractivity contribution in [3.63, 3.8) is 0 Å². The van der Waals surface area contributed by atoms with E-state index in [-0.39, 0.29) is 0 Å². The van der Waals surface area contributed by atoms with Gasteiger partial charge in [0.05, 0.1) is 0 Å². The Morgan fingerprint density at radius 1 is 1.10 bits per heavy atom. The number of rotatable bonds is 8. The Labute approximate surface area is 127 Å². The molecule has 0 spiro atoms. The summed E-state index contributed by atoms with van der Waals surface area (Å²) in [6, 6.07) is 0. The Balaban J connectivity index is 2.49. The van der Waals surface area contributed by atoms with Crippen molar-refractivity contribution in [2.24, 2.45) is 16.7 Å². The molecule has 1 rings (SSSR count). The van der Waals surface area contributed by atoms with Gasteiger partial charge in [-0.05, 0) is 61.8 Å². The first-order chi connectivity index (χ1) is 9.43. The van der Waals surface area contributed by atoms with E-state index in [4.69, 9.17) is 4.74 Å². The highest BCUT2D eigenvalue weighted by Gasteiger charge is 2.38. The van der Waals surface area contributed by atoms with Gasteiger partial charge in [-0.2, -0.15) is 0 Å². The topological polar surface area (TPSA) is 21.3 Å². The number of nitrogens with one attached hydrogen (secondary N) is 1. The average Bonchev–Trinajstić information content (AvgIpc) is 2.41. The summed E-state index contributed by atoms with van der Waals surface area (Å²) < 4.78 is 5.76. The van der Waals surface area contributed by atoms with Gasteiger partial charge in [-0.25, -0.2) is 0 Å². The van der Waals surface area contributed by atoms with Gasteiger partial charge in [0.1, 0.15) is 0 Å². The normalized spacial score (nSPS) is 27.8. The summed E-state index contributed by atoms with van der Waals surface area (Å²) in [5, 5.41) is 3.60. The van der Waals surface area contributed by atoms with Crippen LogP contribution in [-0.2, 0) is 4.74 Å². The second-order valence-electron chi connectivity index (χ2n) is 7.78. The molecule has 20 heavy (non-hydrogen) atoms. The maximum atomic E-state index is 5.76. The van der Waals surface area contributed by atoms with Crippen LogP contribution in [0.3, 0.4) is 0 Å². The summed E-state index contributed by atoms with van der Waals surface area (Å²) in [6.45, 7) is 15.7. The molecule has 0 aromatic carbocycles. The minimum atomic E-state index is 0.475. The number of hydrogen-bond acceptors (Lipinski definition) is 2. The third kappa shape index (κ3) is 5.73. The van der Waals surface area contributed by atoms with Gasteiger partial charge in [-0.3, -0.25) is 0 Å². The molecule has 0 radical (unpaired) electrons. The smallest absolute Gasteiger partial charge is 0.0471 e. The molecule has 2 nitrogen and oxygen atoms in total. The van der Waals surface area contributed by atoms with Crippen molar-refractivity contribution in [1.29, 1.82) is 0 Å². The molecule has 1 saturated carbocycles. The number of ether oxygens (including phenoxy) is 1. The van der Waals surface area contributed by atoms with Crippen molar-refractivity contribution in [2.75, 3.05) is 26.3 Å². The van der Waals surface area contributed by atoms with Gasteiger partial charge in [0.2, 0.25) is 0 Å². The molecule has 0 bridgehead atoms. The molecule has 0 heterocycles. The van der Waals surface area contributed by atoms with Crippen molar-refractivity contribution in [1.82, 2.24) is 5.32 Å². The maximum absolute atomic E-state index is 5.76. The average molecular weight is 284 g/mol. The summed E-state index contributed by atoms with van der Waals surface area (Å²) in [6.07, 6.45) is 7.89. The van der Waals surface area contributed by atoms with E-state index in [1.165, 1.54) is 38.6 Å². The molecule has 0 aliphatic heterocycles. The molecule has 0 amide bonds. The second kappa shape index (κ2) is 8.38. The van der Waals surface area contributed by atoms with E-state index in [1.54, 1.807) is 0 Å². The zero-order chi connectivity index (χ0) is 15.1. The van der Waals surface area contributed by atoms with Crippen LogP contribution in [0, 0.1) is 16.7 Å². The van der Waals surface area contributed by atoms with Gasteiger partial charge in [-0.15, -0.1) is 0 Å². The molecule has 0 unspecified atom stereocenters. The molecule has 1 aliphatic carbocycles. The first kappa shape index (κ1) is 18.0. The molecule has 0 aromatic rings. The molecule has 1 fully saturated rings. The lowest BCUT2D eigenvalue weighted by molar-refractivity contribution is 0.0427.